The van der Waals surface area contributed by atoms with Crippen molar-refractivity contribution in [2.45, 2.75) is 274 Å². The smallest absolute Gasteiger partial charge is 0.410 e. The van der Waals surface area contributed by atoms with Crippen molar-refractivity contribution in [2.75, 3.05) is 118 Å². The van der Waals surface area contributed by atoms with Crippen molar-refractivity contribution in [3.63, 3.8) is 0 Å². The molecule has 5 aromatic rings. The molecule has 0 bridgehead atoms. The molecule has 1 heterocycles. The molecule has 0 radical (unpaired) electrons. The molecule has 5 amide bonds. The summed E-state index contributed by atoms with van der Waals surface area (Å²) < 4.78 is 31.0. The zero-order valence-electron chi connectivity index (χ0n) is 73.3. The van der Waals surface area contributed by atoms with Crippen molar-refractivity contribution < 1.29 is 52.1 Å². The van der Waals surface area contributed by atoms with Crippen LogP contribution in [0.1, 0.15) is 241 Å². The van der Waals surface area contributed by atoms with Crippen molar-refractivity contribution in [3.8, 4) is 0 Å². The van der Waals surface area contributed by atoms with Crippen LogP contribution in [0.15, 0.2) is 152 Å². The fraction of sp³-hybridized carbons (Fsp3) is 0.632. The molecule has 114 heavy (non-hydrogen) atoms. The van der Waals surface area contributed by atoms with Crippen LogP contribution in [0.25, 0.3) is 0 Å². The molecule has 19 heteroatoms. The van der Waals surface area contributed by atoms with Gasteiger partial charge in [-0.25, -0.2) is 24.0 Å². The van der Waals surface area contributed by atoms with Gasteiger partial charge in [-0.1, -0.05) is 171 Å². The Morgan fingerprint density at radius 2 is 0.491 bits per heavy atom. The molecule has 0 aromatic heterocycles. The van der Waals surface area contributed by atoms with Crippen LogP contribution in [0, 0.1) is 0 Å². The van der Waals surface area contributed by atoms with E-state index in [1.54, 1.807) is 0 Å². The second-order valence-electron chi connectivity index (χ2n) is 36.7. The van der Waals surface area contributed by atoms with Gasteiger partial charge in [0.2, 0.25) is 0 Å². The first-order chi connectivity index (χ1) is 54.2. The molecule has 1 saturated heterocycles. The molecule has 1 aliphatic rings. The molecule has 0 saturated carbocycles. The summed E-state index contributed by atoms with van der Waals surface area (Å²) in [5.41, 5.74) is 2.30. The maximum absolute atomic E-state index is 14.0. The average Bonchev–Trinajstić information content (AvgIpc) is 0.836. The van der Waals surface area contributed by atoms with Gasteiger partial charge in [-0.2, -0.15) is 0 Å². The minimum atomic E-state index is -0.626. The number of nitrogens with zero attached hydrogens (tertiary/aromatic N) is 9. The van der Waals surface area contributed by atoms with Gasteiger partial charge in [0.15, 0.2) is 0 Å². The van der Waals surface area contributed by atoms with Crippen LogP contribution in [-0.2, 0) is 56.4 Å². The fourth-order valence-electron chi connectivity index (χ4n) is 14.6. The number of carbonyl (C=O) groups excluding carboxylic acids is 5. The molecular weight excluding hydrogens is 1430 g/mol. The topological polar surface area (TPSA) is 157 Å². The number of carbonyl (C=O) groups is 5. The normalized spacial score (nSPS) is 14.6. The second-order valence-corrected chi connectivity index (χ2v) is 36.7. The predicted molar refractivity (Wildman–Crippen MR) is 463 cm³/mol. The van der Waals surface area contributed by atoms with Crippen molar-refractivity contribution in [3.05, 3.63) is 179 Å². The minimum absolute atomic E-state index is 0.281. The summed E-state index contributed by atoms with van der Waals surface area (Å²) in [6.45, 7) is 47.0. The van der Waals surface area contributed by atoms with E-state index in [4.69, 9.17) is 23.7 Å². The van der Waals surface area contributed by atoms with Gasteiger partial charge in [0.05, 0.1) is 26.2 Å². The van der Waals surface area contributed by atoms with Crippen LogP contribution in [-0.4, -0.2) is 220 Å². The van der Waals surface area contributed by atoms with Gasteiger partial charge in [0.25, 0.3) is 0 Å². The molecule has 5 aromatic carbocycles. The van der Waals surface area contributed by atoms with E-state index < -0.39 is 28.0 Å². The Bertz CT molecular complexity index is 3380. The Labute approximate surface area is 689 Å². The van der Waals surface area contributed by atoms with E-state index in [0.29, 0.717) is 65.4 Å². The molecule has 0 aliphatic carbocycles. The standard InChI is InChI=1S/C95H150N9O10/c1-91(2,3)110-86(105)99(76-81-48-26-16-27-49-81)64-39-21-36-58-96-61-46-62-98(60-38-23-41-66-101(88(107)112-93(7,8)9)78-83-52-30-18-31-53-83)71-75-104(72-44-24-42-67-102(89(108)113-94(10,11)12)79-84-54-32-19-33-55-84,73-45-25-43-68-103(90(109)114-95(13,14)15)80-85-56-34-20-35-57-85)74-47-63-97(70-69-96)59-37-22-40-65-100(87(106)111-92(4,5)6)77-82-50-28-17-29-51-82/h16-20,26-35,48-57H,21-25,36-47,58-80H2,1-15H3/q+1. The molecule has 0 spiro atoms. The Balaban J connectivity index is 1.30. The van der Waals surface area contributed by atoms with Gasteiger partial charge in [-0.15, -0.1) is 0 Å². The van der Waals surface area contributed by atoms with E-state index in [-0.39, 0.29) is 30.5 Å². The van der Waals surface area contributed by atoms with Gasteiger partial charge in [0, 0.05) is 98.0 Å². The quantitative estimate of drug-likeness (QED) is 0.0207. The zero-order valence-corrected chi connectivity index (χ0v) is 73.3. The fourth-order valence-corrected chi connectivity index (χ4v) is 14.6. The minimum Gasteiger partial charge on any atom is -0.444 e. The highest BCUT2D eigenvalue weighted by molar-refractivity contribution is 5.70. The van der Waals surface area contributed by atoms with Crippen molar-refractivity contribution >= 4 is 30.5 Å². The van der Waals surface area contributed by atoms with E-state index in [1.807, 2.05) is 219 Å². The molecule has 19 nitrogen and oxygen atoms in total. The molecule has 0 N–H and O–H groups in total. The van der Waals surface area contributed by atoms with E-state index >= 15 is 0 Å². The number of hydrogen-bond donors (Lipinski definition) is 0. The van der Waals surface area contributed by atoms with Gasteiger partial charge in [0.1, 0.15) is 28.0 Å². The highest BCUT2D eigenvalue weighted by atomic mass is 16.6. The van der Waals surface area contributed by atoms with Gasteiger partial charge >= 0.3 is 30.5 Å². The highest BCUT2D eigenvalue weighted by Crippen LogP contribution is 2.24. The Morgan fingerprint density at radius 3 is 0.728 bits per heavy atom. The summed E-state index contributed by atoms with van der Waals surface area (Å²) in [5.74, 6) is 0. The number of amides is 5. The average molecular weight is 1580 g/mol. The molecule has 0 unspecified atom stereocenters. The molecule has 634 valence electrons. The summed E-state index contributed by atoms with van der Waals surface area (Å²) in [7, 11) is 0. The Hall–Kier alpha value is -7.71. The Kier molecular flexibility index (Phi) is 41.2. The molecule has 1 fully saturated rings. The van der Waals surface area contributed by atoms with Crippen molar-refractivity contribution in [1.29, 1.82) is 0 Å². The van der Waals surface area contributed by atoms with E-state index in [2.05, 4.69) is 75.4 Å². The highest BCUT2D eigenvalue weighted by Gasteiger charge is 2.32. The van der Waals surface area contributed by atoms with Crippen LogP contribution in [0.4, 0.5) is 24.0 Å². The van der Waals surface area contributed by atoms with Gasteiger partial charge in [-0.05, 0) is 248 Å². The van der Waals surface area contributed by atoms with E-state index in [0.717, 1.165) is 227 Å². The number of benzene rings is 5. The largest absolute Gasteiger partial charge is 0.444 e. The maximum atomic E-state index is 14.0. The number of quaternary nitrogens is 1. The predicted octanol–water partition coefficient (Wildman–Crippen LogP) is 20.5. The number of unbranched alkanes of at least 4 members (excludes halogenated alkanes) is 10. The van der Waals surface area contributed by atoms with Crippen LogP contribution < -0.4 is 0 Å². The maximum Gasteiger partial charge on any atom is 0.410 e. The van der Waals surface area contributed by atoms with Crippen molar-refractivity contribution in [2.24, 2.45) is 0 Å². The first-order valence-electron chi connectivity index (χ1n) is 43.3. The van der Waals surface area contributed by atoms with E-state index in [1.165, 1.54) is 0 Å². The molecule has 0 atom stereocenters. The lowest BCUT2D eigenvalue weighted by Gasteiger charge is -2.42. The Morgan fingerprint density at radius 1 is 0.272 bits per heavy atom. The summed E-state index contributed by atoms with van der Waals surface area (Å²) >= 11 is 0. The SMILES string of the molecule is CC(C)(C)OC(=O)N(CCCCCN1CCCN(CCCCCN(Cc2ccccc2)C(=O)OC(C)(C)C)CC[N+](CCCCCN(Cc2ccccc2)C(=O)OC(C)(C)C)(CCCCCN(Cc2ccccc2)C(=O)OC(C)(C)C)CCCN(CCCCCN(Cc2ccccc2)C(=O)OC(C)(C)C)CC1)Cc1ccccc1. The lowest BCUT2D eigenvalue weighted by Crippen LogP contribution is -2.54. The third kappa shape index (κ3) is 41.7. The van der Waals surface area contributed by atoms with Crippen LogP contribution in [0.5, 0.6) is 0 Å². The second kappa shape index (κ2) is 49.4. The zero-order chi connectivity index (χ0) is 82.9. The summed E-state index contributed by atoms with van der Waals surface area (Å²) in [6, 6.07) is 51.1. The first-order valence-corrected chi connectivity index (χ1v) is 43.3. The number of hydrogen-bond acceptors (Lipinski definition) is 13. The van der Waals surface area contributed by atoms with Gasteiger partial charge in [-0.3, -0.25) is 4.90 Å². The third-order valence-electron chi connectivity index (χ3n) is 20.3. The van der Waals surface area contributed by atoms with Crippen LogP contribution in [0.3, 0.4) is 0 Å². The van der Waals surface area contributed by atoms with Crippen molar-refractivity contribution in [1.82, 2.24) is 39.2 Å². The number of ether oxygens (including phenoxy) is 5. The first kappa shape index (κ1) is 95.1. The van der Waals surface area contributed by atoms with Crippen LogP contribution >= 0.6 is 0 Å². The van der Waals surface area contributed by atoms with E-state index in [9.17, 15) is 24.0 Å². The lowest BCUT2D eigenvalue weighted by molar-refractivity contribution is -0.928. The lowest BCUT2D eigenvalue weighted by atomic mass is 10.1. The monoisotopic (exact) mass is 1580 g/mol. The van der Waals surface area contributed by atoms with Crippen LogP contribution in [0.2, 0.25) is 0 Å². The molecule has 6 rings (SSSR count). The summed E-state index contributed by atoms with van der Waals surface area (Å²) in [5, 5.41) is 0. The molecule has 1 aliphatic heterocycles. The summed E-state index contributed by atoms with van der Waals surface area (Å²) in [6.07, 6.45) is 14.7. The number of rotatable bonds is 40. The third-order valence-corrected chi connectivity index (χ3v) is 20.3. The molecular formula is C95H150N9O10+. The summed E-state index contributed by atoms with van der Waals surface area (Å²) in [4.78, 5) is 86.9. The van der Waals surface area contributed by atoms with Gasteiger partial charge < -0.3 is 62.5 Å².